The van der Waals surface area contributed by atoms with Gasteiger partial charge in [-0.1, -0.05) is 45.0 Å². The van der Waals surface area contributed by atoms with Gasteiger partial charge in [-0.25, -0.2) is 28.1 Å². The van der Waals surface area contributed by atoms with E-state index in [1.807, 2.05) is 46.0 Å². The molecule has 0 aliphatic carbocycles. The topological polar surface area (TPSA) is 140 Å². The van der Waals surface area contributed by atoms with Gasteiger partial charge in [-0.05, 0) is 80.3 Å². The second-order valence-corrected chi connectivity index (χ2v) is 16.4. The van der Waals surface area contributed by atoms with E-state index in [2.05, 4.69) is 45.3 Å². The molecule has 0 saturated carbocycles. The van der Waals surface area contributed by atoms with Crippen LogP contribution in [0.5, 0.6) is 5.88 Å². The first-order chi connectivity index (χ1) is 24.2. The van der Waals surface area contributed by atoms with Crippen LogP contribution in [-0.2, 0) is 21.3 Å². The molecule has 2 aromatic carbocycles. The summed E-state index contributed by atoms with van der Waals surface area (Å²) in [6.45, 7) is 13.9. The number of hydrogen-bond donors (Lipinski definition) is 1. The number of anilines is 2. The quantitative estimate of drug-likeness (QED) is 0.249. The number of aromatic nitrogens is 4. The van der Waals surface area contributed by atoms with E-state index in [1.54, 1.807) is 29.3 Å². The molecule has 2 aliphatic rings. The number of amides is 1. The van der Waals surface area contributed by atoms with E-state index in [4.69, 9.17) is 14.5 Å². The predicted molar refractivity (Wildman–Crippen MR) is 196 cm³/mol. The van der Waals surface area contributed by atoms with Gasteiger partial charge in [0, 0.05) is 49.7 Å². The summed E-state index contributed by atoms with van der Waals surface area (Å²) in [4.78, 5) is 37.2. The number of carbonyl (C=O) groups excluding carboxylic acids is 1. The van der Waals surface area contributed by atoms with Crippen LogP contribution in [0, 0.1) is 26.2 Å². The molecule has 1 amide bonds. The number of fused-ring (bicyclic) bond motifs is 4. The minimum Gasteiger partial charge on any atom is -0.475 e. The van der Waals surface area contributed by atoms with Crippen LogP contribution < -0.4 is 14.4 Å². The highest BCUT2D eigenvalue weighted by atomic mass is 32.2. The summed E-state index contributed by atoms with van der Waals surface area (Å²) in [5.74, 6) is 0.311. The second-order valence-electron chi connectivity index (χ2n) is 14.7. The van der Waals surface area contributed by atoms with Crippen LogP contribution in [0.2, 0.25) is 0 Å². The Labute approximate surface area is 300 Å². The number of carbonyl (C=O) groups is 1. The van der Waals surface area contributed by atoms with Crippen LogP contribution in [0.25, 0.3) is 11.3 Å². The molecule has 2 aromatic heterocycles. The third-order valence-corrected chi connectivity index (χ3v) is 10.8. The Kier molecular flexibility index (Phi) is 10.3. The first kappa shape index (κ1) is 36.2. The lowest BCUT2D eigenvalue weighted by molar-refractivity contribution is 0.0508. The minimum atomic E-state index is -4.19. The van der Waals surface area contributed by atoms with E-state index >= 15 is 0 Å². The molecule has 270 valence electrons. The zero-order chi connectivity index (χ0) is 36.5. The lowest BCUT2D eigenvalue weighted by atomic mass is 9.87. The largest absolute Gasteiger partial charge is 0.475 e. The molecule has 4 bridgehead atoms. The van der Waals surface area contributed by atoms with E-state index in [9.17, 15) is 13.2 Å². The molecule has 6 rings (SSSR count). The fourth-order valence-electron chi connectivity index (χ4n) is 6.74. The molecule has 1 saturated heterocycles. The standard InChI is InChI=1S/C38H47N7O5S/c1-24-10-8-11-25(2)34(24)31-19-33-42-36(40-31)43-51(47,48)30-13-9-12-27(18-30)35(46)45(29(23-50-33)20-38(4,5)6)22-32-26(3)21-39-37(41-32)44(7)28-14-16-49-17-15-28/h8-13,18-19,21,28-29H,14-17,20,22-23H2,1-7H3,(H,40,42,43)/t29-/m1/s1. The average Bonchev–Trinajstić information content (AvgIpc) is 3.08. The number of nitrogens with one attached hydrogen (secondary N) is 1. The Hall–Kier alpha value is -4.62. The van der Waals surface area contributed by atoms with E-state index in [0.717, 1.165) is 35.1 Å². The van der Waals surface area contributed by atoms with E-state index in [1.165, 1.54) is 12.1 Å². The van der Waals surface area contributed by atoms with Gasteiger partial charge in [0.1, 0.15) is 6.61 Å². The number of rotatable bonds is 6. The van der Waals surface area contributed by atoms with Crippen LogP contribution in [-0.4, -0.2) is 78.1 Å². The maximum absolute atomic E-state index is 14.7. The third-order valence-electron chi connectivity index (χ3n) is 9.47. The van der Waals surface area contributed by atoms with Gasteiger partial charge in [0.05, 0.1) is 28.9 Å². The summed E-state index contributed by atoms with van der Waals surface area (Å²) in [7, 11) is -2.20. The Morgan fingerprint density at radius 1 is 0.961 bits per heavy atom. The molecule has 2 aliphatic heterocycles. The highest BCUT2D eigenvalue weighted by Gasteiger charge is 2.32. The molecule has 13 heteroatoms. The normalized spacial score (nSPS) is 18.1. The Morgan fingerprint density at radius 3 is 2.37 bits per heavy atom. The van der Waals surface area contributed by atoms with Crippen LogP contribution in [0.1, 0.15) is 72.8 Å². The Bertz CT molecular complexity index is 2010. The molecular formula is C38H47N7O5S. The molecule has 1 fully saturated rings. The molecule has 1 atom stereocenters. The molecule has 4 aromatic rings. The van der Waals surface area contributed by atoms with Crippen molar-refractivity contribution in [1.29, 1.82) is 0 Å². The van der Waals surface area contributed by atoms with E-state index in [0.29, 0.717) is 37.0 Å². The van der Waals surface area contributed by atoms with Crippen molar-refractivity contribution in [2.24, 2.45) is 5.41 Å². The second kappa shape index (κ2) is 14.5. The molecule has 0 unspecified atom stereocenters. The van der Waals surface area contributed by atoms with Crippen molar-refractivity contribution in [3.63, 3.8) is 0 Å². The lowest BCUT2D eigenvalue weighted by Crippen LogP contribution is -2.45. The summed E-state index contributed by atoms with van der Waals surface area (Å²) in [5.41, 5.74) is 4.89. The van der Waals surface area contributed by atoms with Gasteiger partial charge in [-0.15, -0.1) is 0 Å². The number of nitrogens with zero attached hydrogens (tertiary/aromatic N) is 6. The number of benzene rings is 2. The fraction of sp³-hybridized carbons (Fsp3) is 0.447. The van der Waals surface area contributed by atoms with Crippen molar-refractivity contribution in [2.45, 2.75) is 84.3 Å². The molecule has 0 spiro atoms. The number of aryl methyl sites for hydroxylation is 3. The van der Waals surface area contributed by atoms with Crippen molar-refractivity contribution >= 4 is 27.8 Å². The van der Waals surface area contributed by atoms with Crippen molar-refractivity contribution in [3.05, 3.63) is 82.7 Å². The fourth-order valence-corrected chi connectivity index (χ4v) is 7.73. The highest BCUT2D eigenvalue weighted by molar-refractivity contribution is 7.92. The van der Waals surface area contributed by atoms with Gasteiger partial charge in [0.2, 0.25) is 17.8 Å². The van der Waals surface area contributed by atoms with Crippen LogP contribution in [0.15, 0.2) is 59.6 Å². The van der Waals surface area contributed by atoms with Crippen molar-refractivity contribution < 1.29 is 22.7 Å². The zero-order valence-corrected chi connectivity index (χ0v) is 31.2. The third kappa shape index (κ3) is 8.31. The monoisotopic (exact) mass is 713 g/mol. The molecule has 4 heterocycles. The maximum atomic E-state index is 14.7. The average molecular weight is 714 g/mol. The number of sulfonamides is 1. The van der Waals surface area contributed by atoms with Crippen LogP contribution >= 0.6 is 0 Å². The summed E-state index contributed by atoms with van der Waals surface area (Å²) in [5, 5.41) is 0. The van der Waals surface area contributed by atoms with Crippen LogP contribution in [0.3, 0.4) is 0 Å². The summed E-state index contributed by atoms with van der Waals surface area (Å²) in [6, 6.07) is 13.5. The lowest BCUT2D eigenvalue weighted by Gasteiger charge is -2.36. The van der Waals surface area contributed by atoms with Gasteiger partial charge < -0.3 is 19.3 Å². The molecular weight excluding hydrogens is 667 g/mol. The molecule has 0 radical (unpaired) electrons. The van der Waals surface area contributed by atoms with Crippen molar-refractivity contribution in [3.8, 4) is 17.1 Å². The zero-order valence-electron chi connectivity index (χ0n) is 30.4. The summed E-state index contributed by atoms with van der Waals surface area (Å²) in [6.07, 6.45) is 4.13. The summed E-state index contributed by atoms with van der Waals surface area (Å²) >= 11 is 0. The first-order valence-electron chi connectivity index (χ1n) is 17.3. The van der Waals surface area contributed by atoms with Gasteiger partial charge in [-0.3, -0.25) is 4.79 Å². The SMILES string of the molecule is Cc1cnc(N(C)C2CCOCC2)nc1CN1C(=O)c2cccc(c2)S(=O)(=O)Nc2nc(cc(-c3c(C)cccc3C)n2)OC[C@H]1CC(C)(C)C. The van der Waals surface area contributed by atoms with E-state index in [-0.39, 0.29) is 52.8 Å². The number of hydrogen-bond acceptors (Lipinski definition) is 10. The molecule has 1 N–H and O–H groups in total. The molecule has 51 heavy (non-hydrogen) atoms. The Morgan fingerprint density at radius 2 is 1.67 bits per heavy atom. The smallest absolute Gasteiger partial charge is 0.264 e. The van der Waals surface area contributed by atoms with Gasteiger partial charge in [-0.2, -0.15) is 4.98 Å². The Balaban J connectivity index is 1.46. The molecule has 12 nitrogen and oxygen atoms in total. The van der Waals surface area contributed by atoms with Crippen molar-refractivity contribution in [2.75, 3.05) is 36.5 Å². The van der Waals surface area contributed by atoms with Gasteiger partial charge >= 0.3 is 0 Å². The van der Waals surface area contributed by atoms with Crippen molar-refractivity contribution in [1.82, 2.24) is 24.8 Å². The predicted octanol–water partition coefficient (Wildman–Crippen LogP) is 6.11. The van der Waals surface area contributed by atoms with Gasteiger partial charge in [0.25, 0.3) is 15.9 Å². The highest BCUT2D eigenvalue weighted by Crippen LogP contribution is 2.32. The van der Waals surface area contributed by atoms with Crippen LogP contribution in [0.4, 0.5) is 11.9 Å². The first-order valence-corrected chi connectivity index (χ1v) is 18.8. The summed E-state index contributed by atoms with van der Waals surface area (Å²) < 4.78 is 42.1. The number of ether oxygens (including phenoxy) is 2. The minimum absolute atomic E-state index is 0.0814. The van der Waals surface area contributed by atoms with E-state index < -0.39 is 16.1 Å². The maximum Gasteiger partial charge on any atom is 0.264 e. The van der Waals surface area contributed by atoms with Gasteiger partial charge in [0.15, 0.2) is 0 Å².